The number of hydrogen-bond acceptors (Lipinski definition) is 2. The molecule has 1 atom stereocenters. The van der Waals surface area contributed by atoms with Crippen molar-refractivity contribution in [3.05, 3.63) is 28.2 Å². The Morgan fingerprint density at radius 2 is 2.12 bits per heavy atom. The van der Waals surface area contributed by atoms with Crippen molar-refractivity contribution in [2.75, 3.05) is 5.32 Å². The molecule has 0 aromatic heterocycles. The van der Waals surface area contributed by atoms with Crippen molar-refractivity contribution < 1.29 is 9.90 Å². The monoisotopic (exact) mass is 299 g/mol. The Morgan fingerprint density at radius 3 is 2.59 bits per heavy atom. The number of rotatable bonds is 5. The van der Waals surface area contributed by atoms with E-state index in [1.807, 2.05) is 39.0 Å². The lowest BCUT2D eigenvalue weighted by Gasteiger charge is -2.18. The lowest BCUT2D eigenvalue weighted by Crippen LogP contribution is -2.30. The molecule has 3 nitrogen and oxygen atoms in total. The van der Waals surface area contributed by atoms with Crippen molar-refractivity contribution in [3.8, 4) is 0 Å². The maximum Gasteiger partial charge on any atom is 0.326 e. The van der Waals surface area contributed by atoms with Gasteiger partial charge in [-0.15, -0.1) is 0 Å². The molecule has 0 saturated heterocycles. The van der Waals surface area contributed by atoms with Gasteiger partial charge in [0.1, 0.15) is 6.04 Å². The Balaban J connectivity index is 2.78. The van der Waals surface area contributed by atoms with Gasteiger partial charge in [-0.2, -0.15) is 0 Å². The van der Waals surface area contributed by atoms with Crippen molar-refractivity contribution in [2.24, 2.45) is 5.92 Å². The Bertz CT molecular complexity index is 404. The van der Waals surface area contributed by atoms with E-state index in [-0.39, 0.29) is 0 Å². The summed E-state index contributed by atoms with van der Waals surface area (Å²) in [4.78, 5) is 11.1. The summed E-state index contributed by atoms with van der Waals surface area (Å²) in [6, 6.07) is 5.23. The van der Waals surface area contributed by atoms with Crippen molar-refractivity contribution in [2.45, 2.75) is 33.2 Å². The van der Waals surface area contributed by atoms with E-state index in [1.54, 1.807) is 0 Å². The number of hydrogen-bond donors (Lipinski definition) is 2. The summed E-state index contributed by atoms with van der Waals surface area (Å²) in [5, 5.41) is 12.2. The summed E-state index contributed by atoms with van der Waals surface area (Å²) in [7, 11) is 0. The number of aryl methyl sites for hydroxylation is 1. The minimum absolute atomic E-state index is 0.345. The fraction of sp³-hybridized carbons (Fsp3) is 0.462. The molecule has 0 bridgehead atoms. The Hall–Kier alpha value is -1.03. The highest BCUT2D eigenvalue weighted by molar-refractivity contribution is 9.10. The molecule has 0 aliphatic rings. The fourth-order valence-electron chi connectivity index (χ4n) is 1.58. The van der Waals surface area contributed by atoms with Crippen LogP contribution in [0.5, 0.6) is 0 Å². The molecular weight excluding hydrogens is 282 g/mol. The molecule has 1 unspecified atom stereocenters. The standard InChI is InChI=1S/C13H18BrNO2/c1-8(2)6-12(13(16)17)15-10-5-4-9(3)11(14)7-10/h4-5,7-8,12,15H,6H2,1-3H3,(H,16,17). The molecule has 4 heteroatoms. The summed E-state index contributed by atoms with van der Waals surface area (Å²) in [5.41, 5.74) is 1.96. The molecule has 17 heavy (non-hydrogen) atoms. The van der Waals surface area contributed by atoms with Gasteiger partial charge >= 0.3 is 5.97 Å². The maximum absolute atomic E-state index is 11.1. The molecule has 1 aromatic rings. The molecule has 2 N–H and O–H groups in total. The first-order valence-electron chi connectivity index (χ1n) is 5.65. The second-order valence-electron chi connectivity index (χ2n) is 4.63. The molecule has 94 valence electrons. The minimum atomic E-state index is -0.810. The van der Waals surface area contributed by atoms with E-state index in [0.717, 1.165) is 15.7 Å². The number of aliphatic carboxylic acids is 1. The zero-order valence-electron chi connectivity index (χ0n) is 10.3. The van der Waals surface area contributed by atoms with Crippen LogP contribution in [-0.2, 0) is 4.79 Å². The van der Waals surface area contributed by atoms with Gasteiger partial charge in [0, 0.05) is 10.2 Å². The zero-order valence-corrected chi connectivity index (χ0v) is 11.9. The number of carboxylic acids is 1. The van der Waals surface area contributed by atoms with Crippen LogP contribution in [0.2, 0.25) is 0 Å². The van der Waals surface area contributed by atoms with Crippen LogP contribution in [0, 0.1) is 12.8 Å². The normalized spacial score (nSPS) is 12.5. The van der Waals surface area contributed by atoms with Gasteiger partial charge in [-0.25, -0.2) is 4.79 Å². The highest BCUT2D eigenvalue weighted by atomic mass is 79.9. The zero-order chi connectivity index (χ0) is 13.0. The van der Waals surface area contributed by atoms with E-state index in [9.17, 15) is 4.79 Å². The molecule has 1 rings (SSSR count). The van der Waals surface area contributed by atoms with Crippen molar-refractivity contribution in [1.82, 2.24) is 0 Å². The molecule has 0 amide bonds. The first-order chi connectivity index (χ1) is 7.90. The van der Waals surface area contributed by atoms with E-state index in [2.05, 4.69) is 21.2 Å². The van der Waals surface area contributed by atoms with Gasteiger partial charge in [-0.05, 0) is 37.0 Å². The largest absolute Gasteiger partial charge is 0.480 e. The van der Waals surface area contributed by atoms with Crippen LogP contribution in [-0.4, -0.2) is 17.1 Å². The molecular formula is C13H18BrNO2. The minimum Gasteiger partial charge on any atom is -0.480 e. The van der Waals surface area contributed by atoms with Crippen LogP contribution in [0.3, 0.4) is 0 Å². The van der Waals surface area contributed by atoms with Gasteiger partial charge < -0.3 is 10.4 Å². The molecule has 1 aromatic carbocycles. The molecule has 0 fully saturated rings. The molecule has 0 radical (unpaired) electrons. The average Bonchev–Trinajstić information content (AvgIpc) is 2.21. The fourth-order valence-corrected chi connectivity index (χ4v) is 1.96. The average molecular weight is 300 g/mol. The van der Waals surface area contributed by atoms with Crippen LogP contribution < -0.4 is 5.32 Å². The van der Waals surface area contributed by atoms with Crippen LogP contribution >= 0.6 is 15.9 Å². The van der Waals surface area contributed by atoms with Crippen LogP contribution in [0.1, 0.15) is 25.8 Å². The van der Waals surface area contributed by atoms with Crippen molar-refractivity contribution >= 4 is 27.6 Å². The van der Waals surface area contributed by atoms with Crippen LogP contribution in [0.4, 0.5) is 5.69 Å². The van der Waals surface area contributed by atoms with Gasteiger partial charge in [-0.1, -0.05) is 35.8 Å². The Kier molecular flexibility index (Phi) is 5.00. The lowest BCUT2D eigenvalue weighted by atomic mass is 10.0. The molecule has 0 aliphatic heterocycles. The predicted molar refractivity (Wildman–Crippen MR) is 73.4 cm³/mol. The van der Waals surface area contributed by atoms with E-state index in [0.29, 0.717) is 12.3 Å². The summed E-state index contributed by atoms with van der Waals surface area (Å²) in [6.07, 6.45) is 0.612. The summed E-state index contributed by atoms with van der Waals surface area (Å²) >= 11 is 3.44. The number of halogens is 1. The topological polar surface area (TPSA) is 49.3 Å². The third kappa shape index (κ3) is 4.38. The summed E-state index contributed by atoms with van der Waals surface area (Å²) < 4.78 is 0.983. The number of carboxylic acid groups (broad SMARTS) is 1. The number of benzene rings is 1. The van der Waals surface area contributed by atoms with Crippen LogP contribution in [0.25, 0.3) is 0 Å². The van der Waals surface area contributed by atoms with E-state index in [1.165, 1.54) is 0 Å². The quantitative estimate of drug-likeness (QED) is 0.872. The van der Waals surface area contributed by atoms with Crippen molar-refractivity contribution in [3.63, 3.8) is 0 Å². The van der Waals surface area contributed by atoms with E-state index < -0.39 is 12.0 Å². The first-order valence-corrected chi connectivity index (χ1v) is 6.45. The van der Waals surface area contributed by atoms with Gasteiger partial charge in [0.2, 0.25) is 0 Å². The summed E-state index contributed by atoms with van der Waals surface area (Å²) in [5.74, 6) is -0.465. The number of carbonyl (C=O) groups is 1. The van der Waals surface area contributed by atoms with Gasteiger partial charge in [0.05, 0.1) is 0 Å². The Morgan fingerprint density at radius 1 is 1.47 bits per heavy atom. The molecule has 0 saturated carbocycles. The highest BCUT2D eigenvalue weighted by Gasteiger charge is 2.18. The third-order valence-electron chi connectivity index (χ3n) is 2.52. The molecule has 0 aliphatic carbocycles. The van der Waals surface area contributed by atoms with Gasteiger partial charge in [-0.3, -0.25) is 0 Å². The SMILES string of the molecule is Cc1ccc(NC(CC(C)C)C(=O)O)cc1Br. The maximum atomic E-state index is 11.1. The van der Waals surface area contributed by atoms with Gasteiger partial charge in [0.25, 0.3) is 0 Å². The van der Waals surface area contributed by atoms with E-state index >= 15 is 0 Å². The molecule has 0 spiro atoms. The second-order valence-corrected chi connectivity index (χ2v) is 5.48. The van der Waals surface area contributed by atoms with Crippen molar-refractivity contribution in [1.29, 1.82) is 0 Å². The summed E-state index contributed by atoms with van der Waals surface area (Å²) in [6.45, 7) is 6.03. The highest BCUT2D eigenvalue weighted by Crippen LogP contribution is 2.22. The second kappa shape index (κ2) is 6.05. The Labute approximate surface area is 110 Å². The number of nitrogens with one attached hydrogen (secondary N) is 1. The lowest BCUT2D eigenvalue weighted by molar-refractivity contribution is -0.138. The van der Waals surface area contributed by atoms with Gasteiger partial charge in [0.15, 0.2) is 0 Å². The predicted octanol–water partition coefficient (Wildman–Crippen LogP) is 3.67. The third-order valence-corrected chi connectivity index (χ3v) is 3.37. The van der Waals surface area contributed by atoms with Crippen LogP contribution in [0.15, 0.2) is 22.7 Å². The smallest absolute Gasteiger partial charge is 0.326 e. The number of anilines is 1. The molecule has 0 heterocycles. The van der Waals surface area contributed by atoms with E-state index in [4.69, 9.17) is 5.11 Å². The first kappa shape index (κ1) is 14.0.